The van der Waals surface area contributed by atoms with E-state index < -0.39 is 29.9 Å². The van der Waals surface area contributed by atoms with E-state index in [1.165, 1.54) is 4.90 Å². The average molecular weight is 516 g/mol. The number of carbonyl (C=O) groups is 3. The number of anilines is 1. The van der Waals surface area contributed by atoms with E-state index in [0.29, 0.717) is 29.5 Å². The van der Waals surface area contributed by atoms with Gasteiger partial charge in [-0.25, -0.2) is 9.59 Å². The molecule has 4 rings (SSSR count). The summed E-state index contributed by atoms with van der Waals surface area (Å²) in [6.45, 7) is 6.05. The van der Waals surface area contributed by atoms with Gasteiger partial charge in [0, 0.05) is 23.8 Å². The van der Waals surface area contributed by atoms with Crippen LogP contribution in [0.5, 0.6) is 5.75 Å². The molecule has 2 fully saturated rings. The lowest BCUT2D eigenvalue weighted by molar-refractivity contribution is -0.137. The van der Waals surface area contributed by atoms with E-state index in [4.69, 9.17) is 25.8 Å². The van der Waals surface area contributed by atoms with E-state index >= 15 is 0 Å². The summed E-state index contributed by atoms with van der Waals surface area (Å²) in [5.74, 6) is 0.404. The Kier molecular flexibility index (Phi) is 7.31. The Balaban J connectivity index is 1.56. The van der Waals surface area contributed by atoms with Crippen molar-refractivity contribution < 1.29 is 28.6 Å². The average Bonchev–Trinajstić information content (AvgIpc) is 3.15. The Morgan fingerprint density at radius 1 is 1.11 bits per heavy atom. The highest BCUT2D eigenvalue weighted by Crippen LogP contribution is 2.39. The molecular formula is C26H30ClN3O6. The van der Waals surface area contributed by atoms with Crippen molar-refractivity contribution in [2.24, 2.45) is 0 Å². The van der Waals surface area contributed by atoms with E-state index in [-0.39, 0.29) is 19.0 Å². The number of piperazine rings is 1. The Morgan fingerprint density at radius 2 is 1.83 bits per heavy atom. The molecule has 0 N–H and O–H groups in total. The zero-order chi connectivity index (χ0) is 26.0. The van der Waals surface area contributed by atoms with Crippen LogP contribution in [0.15, 0.2) is 48.5 Å². The van der Waals surface area contributed by atoms with Gasteiger partial charge in [-0.1, -0.05) is 23.7 Å². The second-order valence-corrected chi connectivity index (χ2v) is 10.2. The van der Waals surface area contributed by atoms with E-state index in [0.717, 1.165) is 5.56 Å². The maximum Gasteiger partial charge on any atom is 0.415 e. The van der Waals surface area contributed by atoms with Crippen molar-refractivity contribution in [2.45, 2.75) is 38.5 Å². The van der Waals surface area contributed by atoms with Gasteiger partial charge >= 0.3 is 12.2 Å². The molecule has 0 spiro atoms. The van der Waals surface area contributed by atoms with Gasteiger partial charge in [0.1, 0.15) is 30.0 Å². The maximum absolute atomic E-state index is 13.1. The van der Waals surface area contributed by atoms with Crippen LogP contribution < -0.4 is 9.64 Å². The number of amides is 3. The second kappa shape index (κ2) is 10.3. The minimum atomic E-state index is -0.648. The molecule has 2 aliphatic heterocycles. The molecule has 10 heteroatoms. The minimum absolute atomic E-state index is 0.0969. The Bertz CT molecular complexity index is 1130. The van der Waals surface area contributed by atoms with Crippen molar-refractivity contribution in [3.8, 4) is 5.75 Å². The number of rotatable bonds is 5. The Morgan fingerprint density at radius 3 is 2.47 bits per heavy atom. The van der Waals surface area contributed by atoms with Gasteiger partial charge in [0.2, 0.25) is 5.91 Å². The highest BCUT2D eigenvalue weighted by molar-refractivity contribution is 6.30. The highest BCUT2D eigenvalue weighted by atomic mass is 35.5. The molecule has 2 atom stereocenters. The molecule has 0 aliphatic carbocycles. The van der Waals surface area contributed by atoms with Crippen LogP contribution >= 0.6 is 11.6 Å². The van der Waals surface area contributed by atoms with Crippen LogP contribution in [0.2, 0.25) is 5.02 Å². The zero-order valence-electron chi connectivity index (χ0n) is 20.8. The summed E-state index contributed by atoms with van der Waals surface area (Å²) in [5, 5.41) is 0.550. The lowest BCUT2D eigenvalue weighted by atomic mass is 9.99. The summed E-state index contributed by atoms with van der Waals surface area (Å²) in [4.78, 5) is 43.0. The molecule has 0 saturated carbocycles. The van der Waals surface area contributed by atoms with Crippen molar-refractivity contribution in [1.82, 2.24) is 9.80 Å². The fourth-order valence-corrected chi connectivity index (χ4v) is 4.45. The van der Waals surface area contributed by atoms with Crippen molar-refractivity contribution in [1.29, 1.82) is 0 Å². The molecule has 2 aromatic rings. The third-order valence-corrected chi connectivity index (χ3v) is 6.24. The second-order valence-electron chi connectivity index (χ2n) is 9.73. The van der Waals surface area contributed by atoms with Gasteiger partial charge in [0.15, 0.2) is 0 Å². The van der Waals surface area contributed by atoms with Crippen molar-refractivity contribution >= 4 is 35.4 Å². The first-order chi connectivity index (χ1) is 17.1. The number of carbonyl (C=O) groups excluding carboxylic acids is 3. The van der Waals surface area contributed by atoms with Gasteiger partial charge in [0.25, 0.3) is 0 Å². The van der Waals surface area contributed by atoms with Crippen molar-refractivity contribution in [3.63, 3.8) is 0 Å². The SMILES string of the molecule is COc1cccc([C@H]2[C@H](CN3CCN(C(=O)OC(C)(C)C)CC3=O)OC(=O)N2c2ccc(Cl)cc2)c1. The molecule has 3 amide bonds. The monoisotopic (exact) mass is 515 g/mol. The third kappa shape index (κ3) is 5.67. The van der Waals surface area contributed by atoms with E-state index in [1.807, 2.05) is 24.3 Å². The summed E-state index contributed by atoms with van der Waals surface area (Å²) in [6.07, 6.45) is -1.68. The van der Waals surface area contributed by atoms with Gasteiger partial charge in [-0.2, -0.15) is 0 Å². The van der Waals surface area contributed by atoms with Gasteiger partial charge in [-0.05, 0) is 62.7 Å². The lowest BCUT2D eigenvalue weighted by Gasteiger charge is -2.36. The van der Waals surface area contributed by atoms with Crippen molar-refractivity contribution in [3.05, 3.63) is 59.1 Å². The Labute approximate surface area is 215 Å². The molecule has 0 bridgehead atoms. The Hall–Kier alpha value is -3.46. The van der Waals surface area contributed by atoms with E-state index in [2.05, 4.69) is 0 Å². The fraction of sp³-hybridized carbons (Fsp3) is 0.423. The quantitative estimate of drug-likeness (QED) is 0.583. The van der Waals surface area contributed by atoms with E-state index in [9.17, 15) is 14.4 Å². The molecule has 0 radical (unpaired) electrons. The predicted octanol–water partition coefficient (Wildman–Crippen LogP) is 4.49. The number of hydrogen-bond donors (Lipinski definition) is 0. The molecule has 36 heavy (non-hydrogen) atoms. The standard InChI is InChI=1S/C26H30ClN3O6/c1-26(2,3)36-24(32)29-13-12-28(22(31)16-29)15-21-23(17-6-5-7-20(14-17)34-4)30(25(33)35-21)19-10-8-18(27)9-11-19/h5-11,14,21,23H,12-13,15-16H2,1-4H3/t21-,23-/m0/s1. The van der Waals surface area contributed by atoms with Crippen LogP contribution in [0.25, 0.3) is 0 Å². The predicted molar refractivity (Wildman–Crippen MR) is 134 cm³/mol. The largest absolute Gasteiger partial charge is 0.497 e. The summed E-state index contributed by atoms with van der Waals surface area (Å²) in [6, 6.07) is 13.8. The van der Waals surface area contributed by atoms with Crippen LogP contribution in [-0.2, 0) is 14.3 Å². The fourth-order valence-electron chi connectivity index (χ4n) is 4.33. The summed E-state index contributed by atoms with van der Waals surface area (Å²) in [5.41, 5.74) is 0.783. The number of methoxy groups -OCH3 is 1. The first-order valence-electron chi connectivity index (χ1n) is 11.7. The number of ether oxygens (including phenoxy) is 3. The molecule has 2 heterocycles. The number of halogens is 1. The van der Waals surface area contributed by atoms with Crippen molar-refractivity contribution in [2.75, 3.05) is 38.2 Å². The molecule has 192 valence electrons. The van der Waals surface area contributed by atoms with Gasteiger partial charge in [-0.3, -0.25) is 14.6 Å². The zero-order valence-corrected chi connectivity index (χ0v) is 21.5. The normalized spacial score (nSPS) is 20.4. The first kappa shape index (κ1) is 25.6. The molecule has 9 nitrogen and oxygen atoms in total. The third-order valence-electron chi connectivity index (χ3n) is 5.99. The summed E-state index contributed by atoms with van der Waals surface area (Å²) >= 11 is 6.06. The van der Waals surface area contributed by atoms with E-state index in [1.54, 1.807) is 61.9 Å². The molecule has 2 saturated heterocycles. The van der Waals surface area contributed by atoms with Crippen LogP contribution in [0.3, 0.4) is 0 Å². The number of benzene rings is 2. The first-order valence-corrected chi connectivity index (χ1v) is 12.1. The molecule has 0 aromatic heterocycles. The number of nitrogens with zero attached hydrogens (tertiary/aromatic N) is 3. The maximum atomic E-state index is 13.1. The molecule has 2 aromatic carbocycles. The summed E-state index contributed by atoms with van der Waals surface area (Å²) < 4.78 is 16.6. The summed E-state index contributed by atoms with van der Waals surface area (Å²) in [7, 11) is 1.58. The van der Waals surface area contributed by atoms with Crippen LogP contribution in [-0.4, -0.2) is 72.9 Å². The molecule has 0 unspecified atom stereocenters. The van der Waals surface area contributed by atoms with Gasteiger partial charge in [0.05, 0.1) is 13.7 Å². The highest BCUT2D eigenvalue weighted by Gasteiger charge is 2.45. The number of cyclic esters (lactones) is 1. The minimum Gasteiger partial charge on any atom is -0.497 e. The molecule has 2 aliphatic rings. The molecular weight excluding hydrogens is 486 g/mol. The van der Waals surface area contributed by atoms with Crippen LogP contribution in [0.1, 0.15) is 32.4 Å². The topological polar surface area (TPSA) is 88.6 Å². The smallest absolute Gasteiger partial charge is 0.415 e. The van der Waals surface area contributed by atoms with Gasteiger partial charge < -0.3 is 19.1 Å². The number of hydrogen-bond acceptors (Lipinski definition) is 6. The lowest BCUT2D eigenvalue weighted by Crippen LogP contribution is -2.55. The van der Waals surface area contributed by atoms with Gasteiger partial charge in [-0.15, -0.1) is 0 Å². The van der Waals surface area contributed by atoms with Crippen LogP contribution in [0, 0.1) is 0 Å². The van der Waals surface area contributed by atoms with Crippen LogP contribution in [0.4, 0.5) is 15.3 Å².